The fraction of sp³-hybridized carbons (Fsp3) is 0.133. The van der Waals surface area contributed by atoms with Gasteiger partial charge < -0.3 is 4.74 Å². The standard InChI is InChI=1S/C15H12FN5O5S/c1-27(24,25)12-5-2-10(3-6-12)20-15(17-18-19-20)9-26-14-7-4-11(21(22)23)8-13(14)16/h2-8H,9H2,1H3. The number of nitro benzene ring substituents is 1. The molecule has 0 aliphatic rings. The van der Waals surface area contributed by atoms with Crippen LogP contribution in [-0.4, -0.2) is 39.8 Å². The van der Waals surface area contributed by atoms with Gasteiger partial charge in [0.25, 0.3) is 5.69 Å². The third kappa shape index (κ3) is 4.06. The number of hydrogen-bond donors (Lipinski definition) is 0. The maximum atomic E-state index is 13.9. The molecule has 0 spiro atoms. The molecule has 3 rings (SSSR count). The zero-order chi connectivity index (χ0) is 19.6. The Morgan fingerprint density at radius 1 is 1.22 bits per heavy atom. The van der Waals surface area contributed by atoms with Gasteiger partial charge in [-0.15, -0.1) is 5.10 Å². The molecular formula is C15H12FN5O5S. The molecule has 0 bridgehead atoms. The molecule has 140 valence electrons. The van der Waals surface area contributed by atoms with Crippen molar-refractivity contribution >= 4 is 15.5 Å². The minimum absolute atomic E-state index is 0.144. The third-order valence-electron chi connectivity index (χ3n) is 3.53. The van der Waals surface area contributed by atoms with Crippen LogP contribution < -0.4 is 4.74 Å². The van der Waals surface area contributed by atoms with Crippen molar-refractivity contribution in [2.24, 2.45) is 0 Å². The van der Waals surface area contributed by atoms with E-state index in [1.54, 1.807) is 0 Å². The van der Waals surface area contributed by atoms with Crippen molar-refractivity contribution in [3.05, 3.63) is 64.2 Å². The predicted molar refractivity (Wildman–Crippen MR) is 89.7 cm³/mol. The molecule has 0 fully saturated rings. The zero-order valence-corrected chi connectivity index (χ0v) is 14.6. The number of halogens is 1. The van der Waals surface area contributed by atoms with E-state index in [4.69, 9.17) is 4.74 Å². The van der Waals surface area contributed by atoms with Gasteiger partial charge in [0.1, 0.15) is 6.61 Å². The first kappa shape index (κ1) is 18.4. The average Bonchev–Trinajstić information content (AvgIpc) is 3.08. The lowest BCUT2D eigenvalue weighted by Gasteiger charge is -2.08. The number of tetrazole rings is 1. The van der Waals surface area contributed by atoms with Crippen LogP contribution in [-0.2, 0) is 16.4 Å². The topological polar surface area (TPSA) is 130 Å². The molecular weight excluding hydrogens is 381 g/mol. The fourth-order valence-corrected chi connectivity index (χ4v) is 2.82. The van der Waals surface area contributed by atoms with Gasteiger partial charge >= 0.3 is 0 Å². The van der Waals surface area contributed by atoms with Crippen LogP contribution in [0.1, 0.15) is 5.82 Å². The summed E-state index contributed by atoms with van der Waals surface area (Å²) in [5.74, 6) is -0.858. The number of sulfone groups is 1. The van der Waals surface area contributed by atoms with Crippen molar-refractivity contribution < 1.29 is 22.5 Å². The Labute approximate surface area is 152 Å². The largest absolute Gasteiger partial charge is 0.482 e. The highest BCUT2D eigenvalue weighted by Gasteiger charge is 2.15. The molecule has 0 saturated carbocycles. The van der Waals surface area contributed by atoms with Crippen molar-refractivity contribution in [2.45, 2.75) is 11.5 Å². The number of hydrogen-bond acceptors (Lipinski definition) is 8. The predicted octanol–water partition coefficient (Wildman–Crippen LogP) is 1.69. The Kier molecular flexibility index (Phi) is 4.81. The van der Waals surface area contributed by atoms with E-state index in [1.165, 1.54) is 28.9 Å². The number of aromatic nitrogens is 4. The van der Waals surface area contributed by atoms with Gasteiger partial charge in [0.05, 0.1) is 21.6 Å². The van der Waals surface area contributed by atoms with Crippen molar-refractivity contribution in [3.8, 4) is 11.4 Å². The van der Waals surface area contributed by atoms with Crippen LogP contribution in [0.4, 0.5) is 10.1 Å². The summed E-state index contributed by atoms with van der Waals surface area (Å²) in [5, 5.41) is 21.7. The molecule has 0 atom stereocenters. The molecule has 0 saturated heterocycles. The average molecular weight is 393 g/mol. The lowest BCUT2D eigenvalue weighted by molar-refractivity contribution is -0.385. The fourth-order valence-electron chi connectivity index (χ4n) is 2.19. The number of non-ortho nitro benzene ring substituents is 1. The van der Waals surface area contributed by atoms with Crippen LogP contribution in [0.3, 0.4) is 0 Å². The molecule has 0 radical (unpaired) electrons. The van der Waals surface area contributed by atoms with Crippen LogP contribution in [0.15, 0.2) is 47.4 Å². The van der Waals surface area contributed by atoms with Gasteiger partial charge in [-0.25, -0.2) is 12.8 Å². The maximum absolute atomic E-state index is 13.9. The summed E-state index contributed by atoms with van der Waals surface area (Å²) in [7, 11) is -3.33. The van der Waals surface area contributed by atoms with Gasteiger partial charge in [0, 0.05) is 12.3 Å². The molecule has 1 aromatic heterocycles. The van der Waals surface area contributed by atoms with Crippen LogP contribution in [0.5, 0.6) is 5.75 Å². The second kappa shape index (κ2) is 7.07. The molecule has 0 unspecified atom stereocenters. The highest BCUT2D eigenvalue weighted by atomic mass is 32.2. The quantitative estimate of drug-likeness (QED) is 0.457. The smallest absolute Gasteiger partial charge is 0.272 e. The number of benzene rings is 2. The van der Waals surface area contributed by atoms with Crippen molar-refractivity contribution in [2.75, 3.05) is 6.26 Å². The molecule has 0 amide bonds. The normalized spacial score (nSPS) is 11.3. The lowest BCUT2D eigenvalue weighted by atomic mass is 10.3. The molecule has 0 aliphatic heterocycles. The van der Waals surface area contributed by atoms with E-state index in [0.29, 0.717) is 5.69 Å². The molecule has 0 N–H and O–H groups in total. The Balaban J connectivity index is 1.79. The first-order chi connectivity index (χ1) is 12.8. The van der Waals surface area contributed by atoms with E-state index < -0.39 is 26.3 Å². The minimum Gasteiger partial charge on any atom is -0.482 e. The number of nitrogens with zero attached hydrogens (tertiary/aromatic N) is 5. The van der Waals surface area contributed by atoms with Crippen molar-refractivity contribution in [1.82, 2.24) is 20.2 Å². The van der Waals surface area contributed by atoms with Crippen molar-refractivity contribution in [3.63, 3.8) is 0 Å². The number of rotatable bonds is 6. The summed E-state index contributed by atoms with van der Waals surface area (Å²) in [4.78, 5) is 10.1. The van der Waals surface area contributed by atoms with Gasteiger partial charge in [-0.05, 0) is 40.8 Å². The van der Waals surface area contributed by atoms with Gasteiger partial charge in [-0.1, -0.05) is 0 Å². The molecule has 1 heterocycles. The summed E-state index contributed by atoms with van der Waals surface area (Å²) < 4.78 is 43.5. The summed E-state index contributed by atoms with van der Waals surface area (Å²) in [5.41, 5.74) is 0.0887. The van der Waals surface area contributed by atoms with Gasteiger partial charge in [0.2, 0.25) is 0 Å². The van der Waals surface area contributed by atoms with E-state index in [9.17, 15) is 22.9 Å². The monoisotopic (exact) mass is 393 g/mol. The minimum atomic E-state index is -3.33. The van der Waals surface area contributed by atoms with E-state index >= 15 is 0 Å². The first-order valence-electron chi connectivity index (χ1n) is 7.40. The second-order valence-corrected chi connectivity index (χ2v) is 7.45. The second-order valence-electron chi connectivity index (χ2n) is 5.43. The Bertz CT molecular complexity index is 1100. The highest BCUT2D eigenvalue weighted by molar-refractivity contribution is 7.90. The molecule has 0 aliphatic carbocycles. The van der Waals surface area contributed by atoms with Crippen LogP contribution in [0, 0.1) is 15.9 Å². The van der Waals surface area contributed by atoms with E-state index in [0.717, 1.165) is 24.5 Å². The van der Waals surface area contributed by atoms with Crippen molar-refractivity contribution in [1.29, 1.82) is 0 Å². The number of nitro groups is 1. The Hall–Kier alpha value is -3.41. The molecule has 27 heavy (non-hydrogen) atoms. The highest BCUT2D eigenvalue weighted by Crippen LogP contribution is 2.23. The molecule has 10 nitrogen and oxygen atoms in total. The van der Waals surface area contributed by atoms with Crippen LogP contribution in [0.2, 0.25) is 0 Å². The first-order valence-corrected chi connectivity index (χ1v) is 9.29. The van der Waals surface area contributed by atoms with Gasteiger partial charge in [0.15, 0.2) is 27.2 Å². The van der Waals surface area contributed by atoms with Crippen LogP contribution in [0.25, 0.3) is 5.69 Å². The Morgan fingerprint density at radius 2 is 1.93 bits per heavy atom. The van der Waals surface area contributed by atoms with E-state index in [2.05, 4.69) is 15.5 Å². The maximum Gasteiger partial charge on any atom is 0.272 e. The SMILES string of the molecule is CS(=O)(=O)c1ccc(-n2nnnc2COc2ccc([N+](=O)[O-])cc2F)cc1. The van der Waals surface area contributed by atoms with Crippen LogP contribution >= 0.6 is 0 Å². The molecule has 2 aromatic carbocycles. The third-order valence-corrected chi connectivity index (χ3v) is 4.66. The molecule has 3 aromatic rings. The Morgan fingerprint density at radius 3 is 2.52 bits per heavy atom. The lowest BCUT2D eigenvalue weighted by Crippen LogP contribution is -2.08. The van der Waals surface area contributed by atoms with Gasteiger partial charge in [-0.3, -0.25) is 10.1 Å². The van der Waals surface area contributed by atoms with E-state index in [-0.39, 0.29) is 23.1 Å². The summed E-state index contributed by atoms with van der Waals surface area (Å²) >= 11 is 0. The molecule has 12 heteroatoms. The zero-order valence-electron chi connectivity index (χ0n) is 13.8. The number of ether oxygens (including phenoxy) is 1. The summed E-state index contributed by atoms with van der Waals surface area (Å²) in [6.45, 7) is -0.213. The summed E-state index contributed by atoms with van der Waals surface area (Å²) in [6, 6.07) is 8.86. The van der Waals surface area contributed by atoms with E-state index in [1.807, 2.05) is 0 Å². The summed E-state index contributed by atoms with van der Waals surface area (Å²) in [6.07, 6.45) is 1.09. The van der Waals surface area contributed by atoms with Gasteiger partial charge in [-0.2, -0.15) is 4.68 Å².